The lowest BCUT2D eigenvalue weighted by molar-refractivity contribution is 0.102. The van der Waals surface area contributed by atoms with Crippen LogP contribution in [0.15, 0.2) is 48.5 Å². The molecule has 0 radical (unpaired) electrons. The van der Waals surface area contributed by atoms with Gasteiger partial charge in [0.05, 0.1) is 18.4 Å². The van der Waals surface area contributed by atoms with Crippen molar-refractivity contribution in [3.63, 3.8) is 0 Å². The zero-order valence-electron chi connectivity index (χ0n) is 15.0. The van der Waals surface area contributed by atoms with Crippen molar-refractivity contribution in [3.8, 4) is 11.5 Å². The fourth-order valence-electron chi connectivity index (χ4n) is 2.23. The Morgan fingerprint density at radius 2 is 1.88 bits per heavy atom. The molecule has 0 unspecified atom stereocenters. The molecular formula is C20H25NO4. The van der Waals surface area contributed by atoms with Crippen LogP contribution in [-0.2, 0) is 4.74 Å². The van der Waals surface area contributed by atoms with Crippen molar-refractivity contribution in [1.29, 1.82) is 0 Å². The van der Waals surface area contributed by atoms with E-state index in [0.717, 1.165) is 0 Å². The third-order valence-electron chi connectivity index (χ3n) is 3.29. The van der Waals surface area contributed by atoms with Crippen LogP contribution >= 0.6 is 0 Å². The SMILES string of the molecule is CCOCCOc1ccccc1NC(=O)c1cccc(OC(C)C)c1. The summed E-state index contributed by atoms with van der Waals surface area (Å²) in [6, 6.07) is 14.5. The lowest BCUT2D eigenvalue weighted by Gasteiger charge is -2.13. The zero-order chi connectivity index (χ0) is 18.1. The molecule has 5 heteroatoms. The molecule has 0 heterocycles. The predicted octanol–water partition coefficient (Wildman–Crippen LogP) is 4.14. The average molecular weight is 343 g/mol. The Kier molecular flexibility index (Phi) is 7.29. The van der Waals surface area contributed by atoms with Crippen LogP contribution in [0, 0.1) is 0 Å². The van der Waals surface area contributed by atoms with Crippen LogP contribution in [0.5, 0.6) is 11.5 Å². The first-order valence-electron chi connectivity index (χ1n) is 8.47. The molecule has 0 saturated heterocycles. The largest absolute Gasteiger partial charge is 0.491 e. The Hall–Kier alpha value is -2.53. The number of amides is 1. The highest BCUT2D eigenvalue weighted by atomic mass is 16.5. The summed E-state index contributed by atoms with van der Waals surface area (Å²) in [5.74, 6) is 1.07. The maximum Gasteiger partial charge on any atom is 0.255 e. The van der Waals surface area contributed by atoms with Gasteiger partial charge >= 0.3 is 0 Å². The van der Waals surface area contributed by atoms with Crippen LogP contribution in [-0.4, -0.2) is 31.8 Å². The van der Waals surface area contributed by atoms with Gasteiger partial charge in [0.15, 0.2) is 0 Å². The number of hydrogen-bond acceptors (Lipinski definition) is 4. The molecule has 0 aliphatic rings. The van der Waals surface area contributed by atoms with Gasteiger partial charge in [-0.2, -0.15) is 0 Å². The minimum atomic E-state index is -0.213. The van der Waals surface area contributed by atoms with Crippen LogP contribution in [0.25, 0.3) is 0 Å². The van der Waals surface area contributed by atoms with Crippen molar-refractivity contribution in [2.45, 2.75) is 26.9 Å². The Morgan fingerprint density at radius 1 is 1.08 bits per heavy atom. The monoisotopic (exact) mass is 343 g/mol. The Morgan fingerprint density at radius 3 is 2.64 bits per heavy atom. The van der Waals surface area contributed by atoms with Crippen LogP contribution in [0.2, 0.25) is 0 Å². The quantitative estimate of drug-likeness (QED) is 0.695. The highest BCUT2D eigenvalue weighted by molar-refractivity contribution is 6.05. The molecule has 0 fully saturated rings. The fourth-order valence-corrected chi connectivity index (χ4v) is 2.23. The summed E-state index contributed by atoms with van der Waals surface area (Å²) in [7, 11) is 0. The molecule has 2 aromatic rings. The molecule has 0 saturated carbocycles. The molecule has 0 bridgehead atoms. The third-order valence-corrected chi connectivity index (χ3v) is 3.29. The minimum Gasteiger partial charge on any atom is -0.491 e. The van der Waals surface area contributed by atoms with E-state index in [4.69, 9.17) is 14.2 Å². The molecule has 1 N–H and O–H groups in total. The number of rotatable bonds is 9. The summed E-state index contributed by atoms with van der Waals surface area (Å²) in [5.41, 5.74) is 1.15. The van der Waals surface area contributed by atoms with Crippen molar-refractivity contribution in [2.24, 2.45) is 0 Å². The number of para-hydroxylation sites is 2. The first-order chi connectivity index (χ1) is 12.1. The number of ether oxygens (including phenoxy) is 3. The van der Waals surface area contributed by atoms with E-state index >= 15 is 0 Å². The molecule has 0 aliphatic carbocycles. The normalized spacial score (nSPS) is 10.6. The van der Waals surface area contributed by atoms with Gasteiger partial charge in [-0.05, 0) is 51.1 Å². The fraction of sp³-hybridized carbons (Fsp3) is 0.350. The van der Waals surface area contributed by atoms with Crippen molar-refractivity contribution in [1.82, 2.24) is 0 Å². The number of carbonyl (C=O) groups excluding carboxylic acids is 1. The third kappa shape index (κ3) is 6.12. The smallest absolute Gasteiger partial charge is 0.255 e. The van der Waals surface area contributed by atoms with Crippen molar-refractivity contribution in [2.75, 3.05) is 25.1 Å². The van der Waals surface area contributed by atoms with E-state index in [-0.39, 0.29) is 12.0 Å². The Bertz CT molecular complexity index is 685. The Labute approximate surface area is 148 Å². The predicted molar refractivity (Wildman–Crippen MR) is 98.6 cm³/mol. The number of carbonyl (C=O) groups is 1. The molecule has 0 spiro atoms. The van der Waals surface area contributed by atoms with Crippen LogP contribution < -0.4 is 14.8 Å². The lowest BCUT2D eigenvalue weighted by Crippen LogP contribution is -2.14. The summed E-state index contributed by atoms with van der Waals surface area (Å²) >= 11 is 0. The standard InChI is InChI=1S/C20H25NO4/c1-4-23-12-13-24-19-11-6-5-10-18(19)21-20(22)16-8-7-9-17(14-16)25-15(2)3/h5-11,14-15H,4,12-13H2,1-3H3,(H,21,22). The second kappa shape index (κ2) is 9.69. The highest BCUT2D eigenvalue weighted by Crippen LogP contribution is 2.25. The molecule has 2 rings (SSSR count). The van der Waals surface area contributed by atoms with Gasteiger partial charge in [0.2, 0.25) is 0 Å². The number of hydrogen-bond donors (Lipinski definition) is 1. The van der Waals surface area contributed by atoms with E-state index in [0.29, 0.717) is 42.6 Å². The molecular weight excluding hydrogens is 318 g/mol. The Balaban J connectivity index is 2.05. The molecule has 0 aliphatic heterocycles. The summed E-state index contributed by atoms with van der Waals surface area (Å²) in [6.07, 6.45) is 0.0535. The molecule has 134 valence electrons. The van der Waals surface area contributed by atoms with E-state index in [1.807, 2.05) is 51.1 Å². The van der Waals surface area contributed by atoms with E-state index in [9.17, 15) is 4.79 Å². The van der Waals surface area contributed by atoms with Gasteiger partial charge in [-0.1, -0.05) is 18.2 Å². The number of nitrogens with one attached hydrogen (secondary N) is 1. The van der Waals surface area contributed by atoms with E-state index in [1.165, 1.54) is 0 Å². The highest BCUT2D eigenvalue weighted by Gasteiger charge is 2.11. The second-order valence-electron chi connectivity index (χ2n) is 5.69. The van der Waals surface area contributed by atoms with Crippen LogP contribution in [0.4, 0.5) is 5.69 Å². The minimum absolute atomic E-state index is 0.0535. The number of anilines is 1. The zero-order valence-corrected chi connectivity index (χ0v) is 15.0. The van der Waals surface area contributed by atoms with Gasteiger partial charge in [0, 0.05) is 12.2 Å². The van der Waals surface area contributed by atoms with Gasteiger partial charge in [0.25, 0.3) is 5.91 Å². The van der Waals surface area contributed by atoms with Crippen LogP contribution in [0.3, 0.4) is 0 Å². The maximum absolute atomic E-state index is 12.5. The lowest BCUT2D eigenvalue weighted by atomic mass is 10.2. The van der Waals surface area contributed by atoms with E-state index < -0.39 is 0 Å². The summed E-state index contributed by atoms with van der Waals surface area (Å²) in [4.78, 5) is 12.5. The van der Waals surface area contributed by atoms with Gasteiger partial charge in [-0.25, -0.2) is 0 Å². The molecule has 0 aromatic heterocycles. The maximum atomic E-state index is 12.5. The van der Waals surface area contributed by atoms with E-state index in [1.54, 1.807) is 18.2 Å². The summed E-state index contributed by atoms with van der Waals surface area (Å²) in [6.45, 7) is 7.42. The number of benzene rings is 2. The second-order valence-corrected chi connectivity index (χ2v) is 5.69. The van der Waals surface area contributed by atoms with Crippen molar-refractivity contribution >= 4 is 11.6 Å². The van der Waals surface area contributed by atoms with E-state index in [2.05, 4.69) is 5.32 Å². The van der Waals surface area contributed by atoms with Crippen molar-refractivity contribution in [3.05, 3.63) is 54.1 Å². The first-order valence-corrected chi connectivity index (χ1v) is 8.47. The molecule has 0 atom stereocenters. The molecule has 2 aromatic carbocycles. The summed E-state index contributed by atoms with van der Waals surface area (Å²) in [5, 5.41) is 2.89. The molecule has 1 amide bonds. The van der Waals surface area contributed by atoms with Gasteiger partial charge in [-0.3, -0.25) is 4.79 Å². The topological polar surface area (TPSA) is 56.8 Å². The van der Waals surface area contributed by atoms with Gasteiger partial charge in [-0.15, -0.1) is 0 Å². The summed E-state index contributed by atoms with van der Waals surface area (Å²) < 4.78 is 16.6. The molecule has 25 heavy (non-hydrogen) atoms. The van der Waals surface area contributed by atoms with Gasteiger partial charge < -0.3 is 19.5 Å². The van der Waals surface area contributed by atoms with Crippen LogP contribution in [0.1, 0.15) is 31.1 Å². The van der Waals surface area contributed by atoms with Gasteiger partial charge in [0.1, 0.15) is 18.1 Å². The molecule has 5 nitrogen and oxygen atoms in total. The average Bonchev–Trinajstić information content (AvgIpc) is 2.59. The van der Waals surface area contributed by atoms with Crippen molar-refractivity contribution < 1.29 is 19.0 Å². The first kappa shape index (κ1) is 18.8.